The second-order valence-corrected chi connectivity index (χ2v) is 6.06. The molecule has 1 amide bonds. The van der Waals surface area contributed by atoms with Crippen LogP contribution in [0.25, 0.3) is 5.65 Å². The van der Waals surface area contributed by atoms with Crippen molar-refractivity contribution in [2.75, 3.05) is 26.2 Å². The molecule has 0 bridgehead atoms. The summed E-state index contributed by atoms with van der Waals surface area (Å²) in [7, 11) is 0. The number of nitrogens with one attached hydrogen (secondary N) is 1. The van der Waals surface area contributed by atoms with E-state index in [2.05, 4.69) is 15.2 Å². The van der Waals surface area contributed by atoms with Gasteiger partial charge in [-0.3, -0.25) is 4.79 Å². The Balaban J connectivity index is 1.49. The molecule has 1 saturated heterocycles. The molecule has 5 nitrogen and oxygen atoms in total. The molecule has 2 aromatic heterocycles. The summed E-state index contributed by atoms with van der Waals surface area (Å²) in [6.45, 7) is 6.20. The third-order valence-corrected chi connectivity index (χ3v) is 4.30. The summed E-state index contributed by atoms with van der Waals surface area (Å²) in [6, 6.07) is 3.97. The first-order chi connectivity index (χ1) is 10.7. The minimum absolute atomic E-state index is 0.0817. The number of carbonyl (C=O) groups excluding carboxylic acids is 1. The van der Waals surface area contributed by atoms with Gasteiger partial charge in [0.05, 0.1) is 0 Å². The van der Waals surface area contributed by atoms with Crippen molar-refractivity contribution < 1.29 is 4.79 Å². The van der Waals surface area contributed by atoms with E-state index in [9.17, 15) is 4.79 Å². The van der Waals surface area contributed by atoms with Crippen LogP contribution >= 0.6 is 0 Å². The van der Waals surface area contributed by atoms with Gasteiger partial charge in [0.1, 0.15) is 11.3 Å². The fourth-order valence-corrected chi connectivity index (χ4v) is 3.04. The Bertz CT molecular complexity index is 643. The largest absolute Gasteiger partial charge is 0.351 e. The number of piperidine rings is 1. The van der Waals surface area contributed by atoms with Crippen LogP contribution in [0.1, 0.15) is 41.7 Å². The number of imidazole rings is 1. The van der Waals surface area contributed by atoms with Crippen LogP contribution in [0.5, 0.6) is 0 Å². The van der Waals surface area contributed by atoms with Gasteiger partial charge in [-0.25, -0.2) is 4.98 Å². The molecule has 0 unspecified atom stereocenters. The number of likely N-dealkylation sites (tertiary alicyclic amines) is 1. The number of hydrogen-bond acceptors (Lipinski definition) is 3. The molecule has 3 heterocycles. The molecule has 0 radical (unpaired) electrons. The monoisotopic (exact) mass is 300 g/mol. The number of amides is 1. The first kappa shape index (κ1) is 15.0. The number of hydrogen-bond donors (Lipinski definition) is 1. The molecule has 0 aromatic carbocycles. The number of aromatic nitrogens is 2. The van der Waals surface area contributed by atoms with Gasteiger partial charge in [-0.2, -0.15) is 0 Å². The van der Waals surface area contributed by atoms with Crippen LogP contribution in [0.2, 0.25) is 0 Å². The quantitative estimate of drug-likeness (QED) is 0.862. The van der Waals surface area contributed by atoms with Crippen molar-refractivity contribution in [2.24, 2.45) is 0 Å². The molecule has 118 valence electrons. The summed E-state index contributed by atoms with van der Waals surface area (Å²) in [5.74, 6) is -0.0817. The average Bonchev–Trinajstić information content (AvgIpc) is 2.98. The Kier molecular flexibility index (Phi) is 4.73. The van der Waals surface area contributed by atoms with Crippen molar-refractivity contribution in [3.05, 3.63) is 35.8 Å². The second kappa shape index (κ2) is 6.92. The maximum atomic E-state index is 12.2. The van der Waals surface area contributed by atoms with Crippen molar-refractivity contribution in [1.82, 2.24) is 19.6 Å². The maximum absolute atomic E-state index is 12.2. The molecule has 1 aliphatic rings. The summed E-state index contributed by atoms with van der Waals surface area (Å²) < 4.78 is 1.90. The fourth-order valence-electron chi connectivity index (χ4n) is 3.04. The standard InChI is InChI=1S/C17H24N4O/c1-14-7-5-12-21-13-15(19-16(14)21)17(22)18-8-6-11-20-9-3-2-4-10-20/h5,7,12-13H,2-4,6,8-11H2,1H3,(H,18,22). The molecule has 1 N–H and O–H groups in total. The van der Waals surface area contributed by atoms with Crippen molar-refractivity contribution in [3.8, 4) is 0 Å². The third kappa shape index (κ3) is 3.47. The van der Waals surface area contributed by atoms with Crippen LogP contribution in [0.15, 0.2) is 24.5 Å². The van der Waals surface area contributed by atoms with Crippen LogP contribution in [0, 0.1) is 6.92 Å². The lowest BCUT2D eigenvalue weighted by atomic mass is 10.1. The summed E-state index contributed by atoms with van der Waals surface area (Å²) in [4.78, 5) is 19.1. The Morgan fingerprint density at radius 2 is 2.14 bits per heavy atom. The average molecular weight is 300 g/mol. The van der Waals surface area contributed by atoms with Gasteiger partial charge in [0.25, 0.3) is 5.91 Å². The van der Waals surface area contributed by atoms with E-state index >= 15 is 0 Å². The molecule has 0 spiro atoms. The van der Waals surface area contributed by atoms with Gasteiger partial charge in [-0.15, -0.1) is 0 Å². The Labute approximate surface area is 131 Å². The Hall–Kier alpha value is -1.88. The van der Waals surface area contributed by atoms with E-state index in [-0.39, 0.29) is 5.91 Å². The highest BCUT2D eigenvalue weighted by molar-refractivity contribution is 5.92. The van der Waals surface area contributed by atoms with Gasteiger partial charge in [0, 0.05) is 18.9 Å². The SMILES string of the molecule is Cc1cccn2cc(C(=O)NCCCN3CCCCC3)nc12. The molecule has 0 atom stereocenters. The molecular formula is C17H24N4O. The molecule has 1 aliphatic heterocycles. The highest BCUT2D eigenvalue weighted by Gasteiger charge is 2.12. The highest BCUT2D eigenvalue weighted by Crippen LogP contribution is 2.10. The van der Waals surface area contributed by atoms with Crippen molar-refractivity contribution >= 4 is 11.6 Å². The van der Waals surface area contributed by atoms with E-state index in [1.54, 1.807) is 6.20 Å². The molecule has 0 aliphatic carbocycles. The first-order valence-electron chi connectivity index (χ1n) is 8.19. The lowest BCUT2D eigenvalue weighted by molar-refractivity contribution is 0.0946. The number of rotatable bonds is 5. The van der Waals surface area contributed by atoms with Gasteiger partial charge < -0.3 is 14.6 Å². The van der Waals surface area contributed by atoms with Crippen LogP contribution in [-0.4, -0.2) is 46.4 Å². The van der Waals surface area contributed by atoms with Crippen LogP contribution < -0.4 is 5.32 Å². The summed E-state index contributed by atoms with van der Waals surface area (Å²) in [5, 5.41) is 2.98. The van der Waals surface area contributed by atoms with E-state index in [1.807, 2.05) is 29.7 Å². The lowest BCUT2D eigenvalue weighted by Crippen LogP contribution is -2.33. The van der Waals surface area contributed by atoms with Crippen molar-refractivity contribution in [3.63, 3.8) is 0 Å². The number of carbonyl (C=O) groups is 1. The summed E-state index contributed by atoms with van der Waals surface area (Å²) in [6.07, 6.45) is 8.70. The summed E-state index contributed by atoms with van der Waals surface area (Å²) >= 11 is 0. The van der Waals surface area contributed by atoms with Crippen LogP contribution in [-0.2, 0) is 0 Å². The predicted molar refractivity (Wildman–Crippen MR) is 87.2 cm³/mol. The van der Waals surface area contributed by atoms with Crippen molar-refractivity contribution in [1.29, 1.82) is 0 Å². The minimum atomic E-state index is -0.0817. The molecular weight excluding hydrogens is 276 g/mol. The van der Waals surface area contributed by atoms with Crippen molar-refractivity contribution in [2.45, 2.75) is 32.6 Å². The highest BCUT2D eigenvalue weighted by atomic mass is 16.1. The topological polar surface area (TPSA) is 49.6 Å². The maximum Gasteiger partial charge on any atom is 0.271 e. The molecule has 0 saturated carbocycles. The number of aryl methyl sites for hydroxylation is 1. The van der Waals surface area contributed by atoms with E-state index in [4.69, 9.17) is 0 Å². The van der Waals surface area contributed by atoms with Crippen LogP contribution in [0.4, 0.5) is 0 Å². The number of nitrogens with zero attached hydrogens (tertiary/aromatic N) is 3. The zero-order valence-electron chi connectivity index (χ0n) is 13.2. The number of pyridine rings is 1. The predicted octanol–water partition coefficient (Wildman–Crippen LogP) is 2.25. The van der Waals surface area contributed by atoms with Gasteiger partial charge in [-0.1, -0.05) is 12.5 Å². The molecule has 2 aromatic rings. The normalized spacial score (nSPS) is 16.0. The Morgan fingerprint density at radius 1 is 1.32 bits per heavy atom. The zero-order chi connectivity index (χ0) is 15.4. The van der Waals surface area contributed by atoms with Gasteiger partial charge in [0.15, 0.2) is 0 Å². The van der Waals surface area contributed by atoms with Gasteiger partial charge in [-0.05, 0) is 57.5 Å². The molecule has 5 heteroatoms. The third-order valence-electron chi connectivity index (χ3n) is 4.30. The van der Waals surface area contributed by atoms with Crippen LogP contribution in [0.3, 0.4) is 0 Å². The van der Waals surface area contributed by atoms with Gasteiger partial charge in [0.2, 0.25) is 0 Å². The molecule has 22 heavy (non-hydrogen) atoms. The minimum Gasteiger partial charge on any atom is -0.351 e. The lowest BCUT2D eigenvalue weighted by Gasteiger charge is -2.26. The first-order valence-corrected chi connectivity index (χ1v) is 8.19. The molecule has 3 rings (SSSR count). The van der Waals surface area contributed by atoms with E-state index in [1.165, 1.54) is 32.4 Å². The zero-order valence-corrected chi connectivity index (χ0v) is 13.2. The van der Waals surface area contributed by atoms with Gasteiger partial charge >= 0.3 is 0 Å². The second-order valence-electron chi connectivity index (χ2n) is 6.06. The summed E-state index contributed by atoms with van der Waals surface area (Å²) in [5.41, 5.74) is 2.42. The van der Waals surface area contributed by atoms with E-state index in [0.29, 0.717) is 12.2 Å². The fraction of sp³-hybridized carbons (Fsp3) is 0.529. The van der Waals surface area contributed by atoms with E-state index < -0.39 is 0 Å². The smallest absolute Gasteiger partial charge is 0.271 e. The Morgan fingerprint density at radius 3 is 2.91 bits per heavy atom. The number of fused-ring (bicyclic) bond motifs is 1. The molecule has 1 fully saturated rings. The van der Waals surface area contributed by atoms with E-state index in [0.717, 1.165) is 24.2 Å².